The van der Waals surface area contributed by atoms with Gasteiger partial charge in [0.25, 0.3) is 0 Å². The molecule has 2 heterocycles. The Morgan fingerprint density at radius 1 is 1.10 bits per heavy atom. The molecule has 1 aliphatic rings. The Morgan fingerprint density at radius 3 is 2.55 bits per heavy atom. The molecule has 0 aliphatic heterocycles. The number of nitrogens with one attached hydrogen (secondary N) is 2. The van der Waals surface area contributed by atoms with Crippen LogP contribution in [0.4, 0.5) is 16.3 Å². The molecule has 1 aliphatic carbocycles. The van der Waals surface area contributed by atoms with Gasteiger partial charge in [0.15, 0.2) is 0 Å². The van der Waals surface area contributed by atoms with Crippen molar-refractivity contribution in [2.45, 2.75) is 44.3 Å². The van der Waals surface area contributed by atoms with Crippen LogP contribution >= 0.6 is 0 Å². The second-order valence-corrected chi connectivity index (χ2v) is 10.00. The molecular formula is C31H33N7O2. The van der Waals surface area contributed by atoms with Crippen molar-refractivity contribution in [3.63, 3.8) is 0 Å². The number of carbonyl (C=O) groups is 1. The molecule has 40 heavy (non-hydrogen) atoms. The van der Waals surface area contributed by atoms with E-state index in [1.807, 2.05) is 72.7 Å². The summed E-state index contributed by atoms with van der Waals surface area (Å²) in [6.45, 7) is 0.447. The van der Waals surface area contributed by atoms with Gasteiger partial charge in [-0.3, -0.25) is 9.58 Å². The highest BCUT2D eigenvalue weighted by atomic mass is 16.5. The molecule has 4 aromatic rings. The summed E-state index contributed by atoms with van der Waals surface area (Å²) in [7, 11) is 3.53. The molecule has 0 saturated heterocycles. The summed E-state index contributed by atoms with van der Waals surface area (Å²) in [6.07, 6.45) is 8.77. The van der Waals surface area contributed by atoms with Crippen molar-refractivity contribution in [2.75, 3.05) is 17.3 Å². The fourth-order valence-electron chi connectivity index (χ4n) is 5.21. The molecule has 0 atom stereocenters. The highest BCUT2D eigenvalue weighted by Gasteiger charge is 2.31. The standard InChI is InChI=1S/C31H33N7O2/c1-37-21-24(20-35-37)28-14-13-27(16-29(28)40-2)38(31(39)34-18-22-6-4-3-5-7-22)26-11-9-25(10-12-26)36-30-15-8-23(17-32)19-33-30/h3-8,13-16,19-21,25-26H,9-12,18H2,1-2H3,(H,33,36)(H,34,39). The summed E-state index contributed by atoms with van der Waals surface area (Å²) in [4.78, 5) is 20.0. The van der Waals surface area contributed by atoms with Crippen molar-refractivity contribution < 1.29 is 9.53 Å². The number of aryl methyl sites for hydroxylation is 1. The van der Waals surface area contributed by atoms with Crippen LogP contribution in [0.2, 0.25) is 0 Å². The maximum atomic E-state index is 13.7. The highest BCUT2D eigenvalue weighted by molar-refractivity contribution is 5.93. The lowest BCUT2D eigenvalue weighted by molar-refractivity contribution is 0.240. The minimum atomic E-state index is -0.134. The zero-order chi connectivity index (χ0) is 27.9. The number of methoxy groups -OCH3 is 1. The molecule has 0 unspecified atom stereocenters. The lowest BCUT2D eigenvalue weighted by atomic mass is 9.89. The van der Waals surface area contributed by atoms with E-state index in [-0.39, 0.29) is 18.1 Å². The number of benzene rings is 2. The Morgan fingerprint density at radius 2 is 1.90 bits per heavy atom. The summed E-state index contributed by atoms with van der Waals surface area (Å²) in [5, 5.41) is 19.9. The first-order valence-electron chi connectivity index (χ1n) is 13.4. The molecule has 204 valence electrons. The molecule has 9 heteroatoms. The quantitative estimate of drug-likeness (QED) is 0.308. The maximum absolute atomic E-state index is 13.7. The number of rotatable bonds is 8. The zero-order valence-electron chi connectivity index (χ0n) is 22.7. The number of nitriles is 1. The number of ether oxygens (including phenoxy) is 1. The van der Waals surface area contributed by atoms with Crippen LogP contribution in [0.5, 0.6) is 5.75 Å². The van der Waals surface area contributed by atoms with Gasteiger partial charge in [0, 0.05) is 61.0 Å². The second kappa shape index (κ2) is 12.3. The van der Waals surface area contributed by atoms with Gasteiger partial charge in [0.05, 0.1) is 18.9 Å². The Balaban J connectivity index is 1.35. The molecule has 2 amide bonds. The summed E-state index contributed by atoms with van der Waals surface area (Å²) in [5.41, 5.74) is 4.25. The van der Waals surface area contributed by atoms with E-state index in [2.05, 4.69) is 26.8 Å². The number of amides is 2. The molecule has 0 bridgehead atoms. The van der Waals surface area contributed by atoms with Gasteiger partial charge in [-0.05, 0) is 55.5 Å². The fraction of sp³-hybridized carbons (Fsp3) is 0.290. The van der Waals surface area contributed by atoms with Gasteiger partial charge in [-0.1, -0.05) is 30.3 Å². The third-order valence-corrected chi connectivity index (χ3v) is 7.29. The smallest absolute Gasteiger partial charge is 0.322 e. The average molecular weight is 536 g/mol. The van der Waals surface area contributed by atoms with E-state index in [0.717, 1.165) is 53.9 Å². The largest absolute Gasteiger partial charge is 0.496 e. The third kappa shape index (κ3) is 6.24. The topological polar surface area (TPSA) is 108 Å². The fourth-order valence-corrected chi connectivity index (χ4v) is 5.21. The number of urea groups is 1. The van der Waals surface area contributed by atoms with E-state index in [0.29, 0.717) is 17.9 Å². The Kier molecular flexibility index (Phi) is 8.26. The first-order valence-corrected chi connectivity index (χ1v) is 13.4. The van der Waals surface area contributed by atoms with Crippen LogP contribution in [0, 0.1) is 11.3 Å². The van der Waals surface area contributed by atoms with Gasteiger partial charge in [-0.2, -0.15) is 10.4 Å². The monoisotopic (exact) mass is 535 g/mol. The van der Waals surface area contributed by atoms with E-state index in [9.17, 15) is 4.79 Å². The number of hydrogen-bond donors (Lipinski definition) is 2. The van der Waals surface area contributed by atoms with Crippen LogP contribution < -0.4 is 20.3 Å². The van der Waals surface area contributed by atoms with Gasteiger partial charge >= 0.3 is 6.03 Å². The van der Waals surface area contributed by atoms with E-state index >= 15 is 0 Å². The minimum Gasteiger partial charge on any atom is -0.496 e. The Hall–Kier alpha value is -4.84. The number of anilines is 2. The zero-order valence-corrected chi connectivity index (χ0v) is 22.7. The van der Waals surface area contributed by atoms with Crippen LogP contribution in [0.3, 0.4) is 0 Å². The predicted octanol–water partition coefficient (Wildman–Crippen LogP) is 5.50. The third-order valence-electron chi connectivity index (χ3n) is 7.29. The van der Waals surface area contributed by atoms with Crippen molar-refractivity contribution in [3.8, 4) is 22.9 Å². The van der Waals surface area contributed by atoms with Crippen molar-refractivity contribution in [2.24, 2.45) is 7.05 Å². The average Bonchev–Trinajstić information content (AvgIpc) is 3.43. The molecule has 5 rings (SSSR count). The minimum absolute atomic E-state index is 0.0247. The summed E-state index contributed by atoms with van der Waals surface area (Å²) in [5.74, 6) is 1.45. The number of nitrogens with zero attached hydrogens (tertiary/aromatic N) is 5. The normalized spacial score (nSPS) is 16.5. The maximum Gasteiger partial charge on any atom is 0.322 e. The van der Waals surface area contributed by atoms with Crippen LogP contribution in [0.15, 0.2) is 79.3 Å². The number of carbonyl (C=O) groups excluding carboxylic acids is 1. The van der Waals surface area contributed by atoms with Crippen molar-refractivity contribution in [1.82, 2.24) is 20.1 Å². The molecular weight excluding hydrogens is 502 g/mol. The van der Waals surface area contributed by atoms with Gasteiger partial charge in [0.2, 0.25) is 0 Å². The summed E-state index contributed by atoms with van der Waals surface area (Å²) in [6, 6.07) is 21.7. The number of hydrogen-bond acceptors (Lipinski definition) is 6. The van der Waals surface area contributed by atoms with Crippen LogP contribution in [0.1, 0.15) is 36.8 Å². The molecule has 1 saturated carbocycles. The molecule has 0 spiro atoms. The first kappa shape index (κ1) is 26.8. The predicted molar refractivity (Wildman–Crippen MR) is 155 cm³/mol. The van der Waals surface area contributed by atoms with Gasteiger partial charge < -0.3 is 15.4 Å². The summed E-state index contributed by atoms with van der Waals surface area (Å²) >= 11 is 0. The molecule has 9 nitrogen and oxygen atoms in total. The molecule has 2 aromatic heterocycles. The lowest BCUT2D eigenvalue weighted by Crippen LogP contribution is -2.48. The van der Waals surface area contributed by atoms with Crippen LogP contribution in [0.25, 0.3) is 11.1 Å². The van der Waals surface area contributed by atoms with Crippen molar-refractivity contribution in [1.29, 1.82) is 5.26 Å². The van der Waals surface area contributed by atoms with Crippen molar-refractivity contribution in [3.05, 3.63) is 90.4 Å². The van der Waals surface area contributed by atoms with E-state index in [4.69, 9.17) is 10.00 Å². The number of aromatic nitrogens is 3. The van der Waals surface area contributed by atoms with Crippen molar-refractivity contribution >= 4 is 17.5 Å². The van der Waals surface area contributed by atoms with Gasteiger partial charge in [-0.25, -0.2) is 9.78 Å². The van der Waals surface area contributed by atoms with Crippen LogP contribution in [-0.4, -0.2) is 40.0 Å². The molecule has 1 fully saturated rings. The lowest BCUT2D eigenvalue weighted by Gasteiger charge is -2.37. The van der Waals surface area contributed by atoms with Crippen LogP contribution in [-0.2, 0) is 13.6 Å². The van der Waals surface area contributed by atoms with E-state index in [1.165, 1.54) is 0 Å². The Bertz CT molecular complexity index is 1470. The van der Waals surface area contributed by atoms with Gasteiger partial charge in [-0.15, -0.1) is 0 Å². The molecule has 2 aromatic carbocycles. The van der Waals surface area contributed by atoms with Gasteiger partial charge in [0.1, 0.15) is 17.6 Å². The molecule has 2 N–H and O–H groups in total. The van der Waals surface area contributed by atoms with E-state index in [1.54, 1.807) is 30.3 Å². The SMILES string of the molecule is COc1cc(N(C(=O)NCc2ccccc2)C2CCC(Nc3ccc(C#N)cn3)CC2)ccc1-c1cnn(C)c1. The second-order valence-electron chi connectivity index (χ2n) is 10.00. The molecule has 0 radical (unpaired) electrons. The summed E-state index contributed by atoms with van der Waals surface area (Å²) < 4.78 is 7.52. The highest BCUT2D eigenvalue weighted by Crippen LogP contribution is 2.36. The number of pyridine rings is 1. The first-order chi connectivity index (χ1) is 19.5. The van der Waals surface area contributed by atoms with E-state index < -0.39 is 0 Å². The Labute approximate surface area is 234 Å².